The van der Waals surface area contributed by atoms with E-state index in [4.69, 9.17) is 4.74 Å². The SMILES string of the molecule is CC.CC.CC1CNCC(C)O1. The zero-order chi connectivity index (χ0) is 9.98. The first-order valence-electron chi connectivity index (χ1n) is 5.15. The lowest BCUT2D eigenvalue weighted by Gasteiger charge is -2.25. The summed E-state index contributed by atoms with van der Waals surface area (Å²) in [6.07, 6.45) is 0.803. The van der Waals surface area contributed by atoms with Gasteiger partial charge in [-0.05, 0) is 13.8 Å². The van der Waals surface area contributed by atoms with Crippen LogP contribution in [-0.4, -0.2) is 25.3 Å². The maximum atomic E-state index is 5.42. The second-order valence-electron chi connectivity index (χ2n) is 2.42. The molecule has 0 aromatic heterocycles. The molecule has 2 nitrogen and oxygen atoms in total. The van der Waals surface area contributed by atoms with Gasteiger partial charge in [-0.1, -0.05) is 27.7 Å². The van der Waals surface area contributed by atoms with Gasteiger partial charge in [-0.2, -0.15) is 0 Å². The lowest BCUT2D eigenvalue weighted by Crippen LogP contribution is -2.41. The number of hydrogen-bond acceptors (Lipinski definition) is 2. The number of morpholine rings is 1. The minimum Gasteiger partial charge on any atom is -0.373 e. The summed E-state index contributed by atoms with van der Waals surface area (Å²) in [5.74, 6) is 0. The van der Waals surface area contributed by atoms with E-state index in [1.165, 1.54) is 0 Å². The van der Waals surface area contributed by atoms with Gasteiger partial charge in [-0.3, -0.25) is 0 Å². The molecule has 0 aromatic carbocycles. The Morgan fingerprint density at radius 2 is 1.25 bits per heavy atom. The van der Waals surface area contributed by atoms with Crippen LogP contribution in [0.2, 0.25) is 0 Å². The molecule has 1 aliphatic rings. The predicted molar refractivity (Wildman–Crippen MR) is 55.6 cm³/mol. The predicted octanol–water partition coefficient (Wildman–Crippen LogP) is 2.44. The van der Waals surface area contributed by atoms with E-state index < -0.39 is 0 Å². The summed E-state index contributed by atoms with van der Waals surface area (Å²) < 4.78 is 5.42. The Kier molecular flexibility index (Phi) is 13.1. The zero-order valence-electron chi connectivity index (χ0n) is 9.48. The third-order valence-corrected chi connectivity index (χ3v) is 1.33. The molecule has 1 heterocycles. The van der Waals surface area contributed by atoms with Crippen molar-refractivity contribution in [2.75, 3.05) is 13.1 Å². The van der Waals surface area contributed by atoms with Gasteiger partial charge in [0.15, 0.2) is 0 Å². The smallest absolute Gasteiger partial charge is 0.0675 e. The fraction of sp³-hybridized carbons (Fsp3) is 1.00. The molecule has 0 radical (unpaired) electrons. The van der Waals surface area contributed by atoms with E-state index in [1.807, 2.05) is 27.7 Å². The van der Waals surface area contributed by atoms with E-state index in [0.29, 0.717) is 12.2 Å². The summed E-state index contributed by atoms with van der Waals surface area (Å²) in [4.78, 5) is 0. The molecular weight excluding hydrogens is 150 g/mol. The molecular formula is C10H25NO. The van der Waals surface area contributed by atoms with Gasteiger partial charge in [0.05, 0.1) is 12.2 Å². The molecule has 0 bridgehead atoms. The fourth-order valence-corrected chi connectivity index (χ4v) is 0.983. The van der Waals surface area contributed by atoms with E-state index >= 15 is 0 Å². The normalized spacial score (nSPS) is 27.5. The largest absolute Gasteiger partial charge is 0.373 e. The highest BCUT2D eigenvalue weighted by Crippen LogP contribution is 2.00. The maximum Gasteiger partial charge on any atom is 0.0675 e. The molecule has 12 heavy (non-hydrogen) atoms. The highest BCUT2D eigenvalue weighted by molar-refractivity contribution is 4.66. The third kappa shape index (κ3) is 8.02. The number of rotatable bonds is 0. The van der Waals surface area contributed by atoms with Crippen LogP contribution in [0.15, 0.2) is 0 Å². The molecule has 0 spiro atoms. The molecule has 2 unspecified atom stereocenters. The van der Waals surface area contributed by atoms with Crippen molar-refractivity contribution >= 4 is 0 Å². The summed E-state index contributed by atoms with van der Waals surface area (Å²) in [6.45, 7) is 14.2. The molecule has 1 saturated heterocycles. The van der Waals surface area contributed by atoms with Gasteiger partial charge in [0.25, 0.3) is 0 Å². The molecule has 76 valence electrons. The molecule has 0 aliphatic carbocycles. The molecule has 0 aromatic rings. The van der Waals surface area contributed by atoms with Crippen molar-refractivity contribution in [3.8, 4) is 0 Å². The van der Waals surface area contributed by atoms with Crippen LogP contribution in [0.1, 0.15) is 41.5 Å². The highest BCUT2D eigenvalue weighted by atomic mass is 16.5. The van der Waals surface area contributed by atoms with Crippen molar-refractivity contribution in [2.45, 2.75) is 53.8 Å². The molecule has 0 amide bonds. The van der Waals surface area contributed by atoms with Gasteiger partial charge in [-0.15, -0.1) is 0 Å². The monoisotopic (exact) mass is 175 g/mol. The average Bonchev–Trinajstić information content (AvgIpc) is 2.11. The Morgan fingerprint density at radius 1 is 0.917 bits per heavy atom. The van der Waals surface area contributed by atoms with Crippen LogP contribution in [0, 0.1) is 0 Å². The third-order valence-electron chi connectivity index (χ3n) is 1.33. The second kappa shape index (κ2) is 10.9. The van der Waals surface area contributed by atoms with Crippen LogP contribution in [0.25, 0.3) is 0 Å². The van der Waals surface area contributed by atoms with Crippen LogP contribution >= 0.6 is 0 Å². The molecule has 2 heteroatoms. The summed E-state index contributed by atoms with van der Waals surface area (Å²) in [5.41, 5.74) is 0. The minimum atomic E-state index is 0.402. The molecule has 1 N–H and O–H groups in total. The van der Waals surface area contributed by atoms with Crippen LogP contribution in [-0.2, 0) is 4.74 Å². The quantitative estimate of drug-likeness (QED) is 0.610. The van der Waals surface area contributed by atoms with Crippen molar-refractivity contribution in [3.63, 3.8) is 0 Å². The van der Waals surface area contributed by atoms with Gasteiger partial charge < -0.3 is 10.1 Å². The van der Waals surface area contributed by atoms with Crippen LogP contribution in [0.4, 0.5) is 0 Å². The first-order valence-corrected chi connectivity index (χ1v) is 5.15. The standard InChI is InChI=1S/C6H13NO.2C2H6/c1-5-3-7-4-6(2)8-5;2*1-2/h5-7H,3-4H2,1-2H3;2*1-2H3. The minimum absolute atomic E-state index is 0.402. The number of hydrogen-bond donors (Lipinski definition) is 1. The van der Waals surface area contributed by atoms with E-state index in [1.54, 1.807) is 0 Å². The fourth-order valence-electron chi connectivity index (χ4n) is 0.983. The van der Waals surface area contributed by atoms with Crippen LogP contribution in [0.3, 0.4) is 0 Å². The maximum absolute atomic E-state index is 5.42. The van der Waals surface area contributed by atoms with E-state index in [2.05, 4.69) is 19.2 Å². The summed E-state index contributed by atoms with van der Waals surface area (Å²) in [6, 6.07) is 0. The topological polar surface area (TPSA) is 21.3 Å². The Hall–Kier alpha value is -0.0800. The summed E-state index contributed by atoms with van der Waals surface area (Å²) >= 11 is 0. The molecule has 2 atom stereocenters. The Morgan fingerprint density at radius 3 is 1.42 bits per heavy atom. The van der Waals surface area contributed by atoms with E-state index in [-0.39, 0.29) is 0 Å². The highest BCUT2D eigenvalue weighted by Gasteiger charge is 2.12. The first-order chi connectivity index (χ1) is 5.79. The molecule has 1 aliphatic heterocycles. The van der Waals surface area contributed by atoms with Crippen molar-refractivity contribution in [2.24, 2.45) is 0 Å². The summed E-state index contributed by atoms with van der Waals surface area (Å²) in [5, 5.41) is 3.26. The Balaban J connectivity index is 0. The van der Waals surface area contributed by atoms with Crippen molar-refractivity contribution < 1.29 is 4.74 Å². The molecule has 1 fully saturated rings. The molecule has 1 rings (SSSR count). The van der Waals surface area contributed by atoms with E-state index in [9.17, 15) is 0 Å². The number of nitrogens with one attached hydrogen (secondary N) is 1. The first kappa shape index (κ1) is 14.4. The van der Waals surface area contributed by atoms with Gasteiger partial charge in [0.2, 0.25) is 0 Å². The van der Waals surface area contributed by atoms with E-state index in [0.717, 1.165) is 13.1 Å². The second-order valence-corrected chi connectivity index (χ2v) is 2.42. The Bertz CT molecular complexity index is 68.2. The molecule has 0 saturated carbocycles. The lowest BCUT2D eigenvalue weighted by atomic mass is 10.3. The average molecular weight is 175 g/mol. The Labute approximate surface area is 77.7 Å². The van der Waals surface area contributed by atoms with Crippen molar-refractivity contribution in [1.82, 2.24) is 5.32 Å². The van der Waals surface area contributed by atoms with Gasteiger partial charge in [-0.25, -0.2) is 0 Å². The summed E-state index contributed by atoms with van der Waals surface area (Å²) in [7, 11) is 0. The van der Waals surface area contributed by atoms with Gasteiger partial charge >= 0.3 is 0 Å². The van der Waals surface area contributed by atoms with Crippen LogP contribution < -0.4 is 5.32 Å². The number of ether oxygens (including phenoxy) is 1. The van der Waals surface area contributed by atoms with Crippen molar-refractivity contribution in [1.29, 1.82) is 0 Å². The van der Waals surface area contributed by atoms with Crippen LogP contribution in [0.5, 0.6) is 0 Å². The van der Waals surface area contributed by atoms with Gasteiger partial charge in [0.1, 0.15) is 0 Å². The van der Waals surface area contributed by atoms with Gasteiger partial charge in [0, 0.05) is 13.1 Å². The zero-order valence-corrected chi connectivity index (χ0v) is 9.48. The lowest BCUT2D eigenvalue weighted by molar-refractivity contribution is -0.0166. The van der Waals surface area contributed by atoms with Crippen molar-refractivity contribution in [3.05, 3.63) is 0 Å².